The van der Waals surface area contributed by atoms with E-state index in [9.17, 15) is 22.8 Å². The Morgan fingerprint density at radius 2 is 1.77 bits per heavy atom. The summed E-state index contributed by atoms with van der Waals surface area (Å²) in [7, 11) is 1.82. The molecule has 1 atom stereocenters. The van der Waals surface area contributed by atoms with Gasteiger partial charge in [-0.2, -0.15) is 13.2 Å². The number of Topliss-reactive ketones (excluding diaryl/α,β-unsaturated/α-hetero) is 1. The second-order valence-electron chi connectivity index (χ2n) is 7.20. The molecular formula is C22H22F3N3O2. The van der Waals surface area contributed by atoms with E-state index in [2.05, 4.69) is 4.98 Å². The van der Waals surface area contributed by atoms with Gasteiger partial charge in [-0.1, -0.05) is 30.3 Å². The molecule has 8 heteroatoms. The molecule has 0 bridgehead atoms. The number of fused-ring (bicyclic) bond motifs is 1. The number of para-hydroxylation sites is 1. The van der Waals surface area contributed by atoms with Crippen LogP contribution in [0.4, 0.5) is 13.2 Å². The molecule has 0 saturated carbocycles. The smallest absolute Gasteiger partial charge is 0.360 e. The van der Waals surface area contributed by atoms with Crippen LogP contribution < -0.4 is 5.32 Å². The first-order valence-electron chi connectivity index (χ1n) is 9.40. The highest BCUT2D eigenvalue weighted by molar-refractivity contribution is 6.10. The topological polar surface area (TPSA) is 65.2 Å². The first kappa shape index (κ1) is 21.6. The summed E-state index contributed by atoms with van der Waals surface area (Å²) >= 11 is 0. The zero-order valence-corrected chi connectivity index (χ0v) is 16.6. The SMILES string of the molecule is CC(C(=O)c1c[nH]c2ccccc12)N(C)Cc1ccc(C(=O)NCC(F)(F)F)cc1. The second kappa shape index (κ2) is 8.71. The van der Waals surface area contributed by atoms with Crippen LogP contribution >= 0.6 is 0 Å². The molecule has 0 fully saturated rings. The third kappa shape index (κ3) is 5.07. The van der Waals surface area contributed by atoms with E-state index >= 15 is 0 Å². The number of aromatic amines is 1. The number of amides is 1. The summed E-state index contributed by atoms with van der Waals surface area (Å²) in [6.07, 6.45) is -2.74. The minimum absolute atomic E-state index is 0.0156. The van der Waals surface area contributed by atoms with E-state index in [-0.39, 0.29) is 17.4 Å². The van der Waals surface area contributed by atoms with Crippen molar-refractivity contribution in [2.45, 2.75) is 25.7 Å². The third-order valence-electron chi connectivity index (χ3n) is 4.99. The maximum Gasteiger partial charge on any atom is 0.405 e. The lowest BCUT2D eigenvalue weighted by Gasteiger charge is -2.23. The summed E-state index contributed by atoms with van der Waals surface area (Å²) in [5.74, 6) is -0.798. The minimum Gasteiger partial charge on any atom is -0.360 e. The summed E-state index contributed by atoms with van der Waals surface area (Å²) in [6, 6.07) is 13.5. The molecule has 0 spiro atoms. The Labute approximate surface area is 171 Å². The van der Waals surface area contributed by atoms with Crippen molar-refractivity contribution < 1.29 is 22.8 Å². The van der Waals surface area contributed by atoms with Crippen LogP contribution in [0.15, 0.2) is 54.7 Å². The monoisotopic (exact) mass is 417 g/mol. The van der Waals surface area contributed by atoms with Crippen LogP contribution in [0.3, 0.4) is 0 Å². The summed E-state index contributed by atoms with van der Waals surface area (Å²) in [6.45, 7) is 0.895. The summed E-state index contributed by atoms with van der Waals surface area (Å²) in [5.41, 5.74) is 2.51. The Kier molecular flexibility index (Phi) is 6.26. The molecular weight excluding hydrogens is 395 g/mol. The standard InChI is InChI=1S/C22H22F3N3O2/c1-14(20(29)18-11-26-19-6-4-3-5-17(18)19)28(2)12-15-7-9-16(10-8-15)21(30)27-13-22(23,24)25/h3-11,14,26H,12-13H2,1-2H3,(H,27,30). The first-order valence-corrected chi connectivity index (χ1v) is 9.40. The molecule has 1 heterocycles. The predicted molar refractivity (Wildman–Crippen MR) is 108 cm³/mol. The number of carbonyl (C=O) groups is 2. The fourth-order valence-corrected chi connectivity index (χ4v) is 3.17. The normalized spacial score (nSPS) is 12.9. The van der Waals surface area contributed by atoms with Gasteiger partial charge in [-0.15, -0.1) is 0 Å². The van der Waals surface area contributed by atoms with Crippen LogP contribution in [0.25, 0.3) is 10.9 Å². The highest BCUT2D eigenvalue weighted by Gasteiger charge is 2.28. The third-order valence-corrected chi connectivity index (χ3v) is 4.99. The molecule has 1 unspecified atom stereocenters. The van der Waals surface area contributed by atoms with Gasteiger partial charge in [0.05, 0.1) is 6.04 Å². The van der Waals surface area contributed by atoms with E-state index in [0.717, 1.165) is 16.5 Å². The van der Waals surface area contributed by atoms with E-state index in [1.165, 1.54) is 12.1 Å². The van der Waals surface area contributed by atoms with E-state index in [4.69, 9.17) is 0 Å². The van der Waals surface area contributed by atoms with Gasteiger partial charge in [0.15, 0.2) is 5.78 Å². The van der Waals surface area contributed by atoms with Crippen LogP contribution in [0.5, 0.6) is 0 Å². The molecule has 158 valence electrons. The number of ketones is 1. The van der Waals surface area contributed by atoms with Crippen LogP contribution in [-0.4, -0.2) is 47.4 Å². The molecule has 30 heavy (non-hydrogen) atoms. The van der Waals surface area contributed by atoms with Crippen molar-refractivity contribution in [2.75, 3.05) is 13.6 Å². The maximum atomic E-state index is 12.9. The molecule has 0 saturated heterocycles. The van der Waals surface area contributed by atoms with Crippen molar-refractivity contribution in [3.05, 3.63) is 71.4 Å². The van der Waals surface area contributed by atoms with E-state index < -0.39 is 18.6 Å². The van der Waals surface area contributed by atoms with Gasteiger partial charge in [0.25, 0.3) is 5.91 Å². The Morgan fingerprint density at radius 3 is 2.43 bits per heavy atom. The van der Waals surface area contributed by atoms with Gasteiger partial charge in [-0.05, 0) is 37.7 Å². The van der Waals surface area contributed by atoms with Crippen molar-refractivity contribution in [3.8, 4) is 0 Å². The lowest BCUT2D eigenvalue weighted by atomic mass is 10.0. The number of nitrogens with zero attached hydrogens (tertiary/aromatic N) is 1. The van der Waals surface area contributed by atoms with E-state index in [0.29, 0.717) is 12.1 Å². The largest absolute Gasteiger partial charge is 0.405 e. The average Bonchev–Trinajstić information content (AvgIpc) is 3.15. The lowest BCUT2D eigenvalue weighted by molar-refractivity contribution is -0.123. The van der Waals surface area contributed by atoms with Gasteiger partial charge in [0.2, 0.25) is 0 Å². The average molecular weight is 417 g/mol. The highest BCUT2D eigenvalue weighted by Crippen LogP contribution is 2.21. The number of H-pyrrole nitrogens is 1. The second-order valence-corrected chi connectivity index (χ2v) is 7.20. The predicted octanol–water partition coefficient (Wildman–Crippen LogP) is 4.16. The molecule has 3 rings (SSSR count). The van der Waals surface area contributed by atoms with E-state index in [1.54, 1.807) is 18.3 Å². The number of hydrogen-bond donors (Lipinski definition) is 2. The Balaban J connectivity index is 1.63. The van der Waals surface area contributed by atoms with Crippen molar-refractivity contribution in [1.29, 1.82) is 0 Å². The summed E-state index contributed by atoms with van der Waals surface area (Å²) in [4.78, 5) is 29.7. The fraction of sp³-hybridized carbons (Fsp3) is 0.273. The summed E-state index contributed by atoms with van der Waals surface area (Å²) in [5, 5.41) is 2.71. The van der Waals surface area contributed by atoms with Gasteiger partial charge in [-0.25, -0.2) is 0 Å². The van der Waals surface area contributed by atoms with Gasteiger partial charge >= 0.3 is 6.18 Å². The Morgan fingerprint density at radius 1 is 1.10 bits per heavy atom. The number of nitrogens with one attached hydrogen (secondary N) is 2. The van der Waals surface area contributed by atoms with E-state index in [1.807, 2.05) is 48.5 Å². The number of likely N-dealkylation sites (N-methyl/N-ethyl adjacent to an activating group) is 1. The lowest BCUT2D eigenvalue weighted by Crippen LogP contribution is -2.35. The molecule has 0 radical (unpaired) electrons. The zero-order chi connectivity index (χ0) is 21.9. The van der Waals surface area contributed by atoms with Crippen molar-refractivity contribution >= 4 is 22.6 Å². The molecule has 0 aliphatic carbocycles. The number of hydrogen-bond acceptors (Lipinski definition) is 3. The highest BCUT2D eigenvalue weighted by atomic mass is 19.4. The molecule has 1 aromatic heterocycles. The van der Waals surface area contributed by atoms with Crippen molar-refractivity contribution in [3.63, 3.8) is 0 Å². The number of halogens is 3. The molecule has 3 aromatic rings. The van der Waals surface area contributed by atoms with Gasteiger partial charge in [0, 0.05) is 34.8 Å². The quantitative estimate of drug-likeness (QED) is 0.568. The maximum absolute atomic E-state index is 12.9. The van der Waals surface area contributed by atoms with Crippen molar-refractivity contribution in [1.82, 2.24) is 15.2 Å². The number of aromatic nitrogens is 1. The molecule has 0 aliphatic rings. The van der Waals surface area contributed by atoms with Gasteiger partial charge in [0.1, 0.15) is 6.54 Å². The minimum atomic E-state index is -4.45. The number of carbonyl (C=O) groups excluding carboxylic acids is 2. The first-order chi connectivity index (χ1) is 14.2. The number of alkyl halides is 3. The van der Waals surface area contributed by atoms with Crippen molar-refractivity contribution in [2.24, 2.45) is 0 Å². The number of rotatable bonds is 7. The molecule has 0 aliphatic heterocycles. The zero-order valence-electron chi connectivity index (χ0n) is 16.6. The van der Waals surface area contributed by atoms with Crippen LogP contribution in [-0.2, 0) is 6.54 Å². The Bertz CT molecular complexity index is 1040. The molecule has 5 nitrogen and oxygen atoms in total. The molecule has 2 N–H and O–H groups in total. The molecule has 2 aromatic carbocycles. The van der Waals surface area contributed by atoms with Gasteiger partial charge < -0.3 is 10.3 Å². The van der Waals surface area contributed by atoms with Gasteiger partial charge in [-0.3, -0.25) is 14.5 Å². The Hall–Kier alpha value is -3.13. The summed E-state index contributed by atoms with van der Waals surface area (Å²) < 4.78 is 36.7. The van der Waals surface area contributed by atoms with Crippen LogP contribution in [0.2, 0.25) is 0 Å². The fourth-order valence-electron chi connectivity index (χ4n) is 3.17. The van der Waals surface area contributed by atoms with Crippen LogP contribution in [0, 0.1) is 0 Å². The number of benzene rings is 2. The molecule has 1 amide bonds. The van der Waals surface area contributed by atoms with Crippen LogP contribution in [0.1, 0.15) is 33.2 Å².